The first-order valence-corrected chi connectivity index (χ1v) is 9.40. The van der Waals surface area contributed by atoms with Gasteiger partial charge in [-0.05, 0) is 18.6 Å². The van der Waals surface area contributed by atoms with Crippen molar-refractivity contribution in [2.24, 2.45) is 19.1 Å². The average Bonchev–Trinajstić information content (AvgIpc) is 3.24. The van der Waals surface area contributed by atoms with Crippen LogP contribution in [0.5, 0.6) is 0 Å². The van der Waals surface area contributed by atoms with E-state index in [0.29, 0.717) is 13.1 Å². The molecule has 3 heterocycles. The van der Waals surface area contributed by atoms with Crippen LogP contribution in [0, 0.1) is 6.92 Å². The van der Waals surface area contributed by atoms with E-state index in [1.807, 2.05) is 36.4 Å². The van der Waals surface area contributed by atoms with Crippen molar-refractivity contribution < 1.29 is 4.74 Å². The normalized spacial score (nSPS) is 15.3. The van der Waals surface area contributed by atoms with Crippen LogP contribution in [0.4, 0.5) is 0 Å². The molecule has 0 aromatic carbocycles. The zero-order valence-corrected chi connectivity index (χ0v) is 19.2. The fourth-order valence-corrected chi connectivity index (χ4v) is 2.92. The second-order valence-electron chi connectivity index (χ2n) is 6.81. The van der Waals surface area contributed by atoms with E-state index in [4.69, 9.17) is 9.73 Å². The molecule has 2 N–H and O–H groups in total. The van der Waals surface area contributed by atoms with Crippen molar-refractivity contribution in [2.45, 2.75) is 20.0 Å². The monoisotopic (exact) mass is 502 g/mol. The van der Waals surface area contributed by atoms with Crippen molar-refractivity contribution in [3.63, 3.8) is 0 Å². The molecule has 2 aromatic rings. The molecule has 9 nitrogen and oxygen atoms in total. The first-order valence-electron chi connectivity index (χ1n) is 9.40. The maximum absolute atomic E-state index is 5.40. The van der Waals surface area contributed by atoms with E-state index in [1.54, 1.807) is 0 Å². The van der Waals surface area contributed by atoms with Gasteiger partial charge in [-0.25, -0.2) is 4.99 Å². The molecule has 10 heteroatoms. The minimum atomic E-state index is 0. The Kier molecular flexibility index (Phi) is 9.19. The Balaban J connectivity index is 0.00000280. The van der Waals surface area contributed by atoms with Gasteiger partial charge in [0.1, 0.15) is 5.82 Å². The summed E-state index contributed by atoms with van der Waals surface area (Å²) in [5, 5.41) is 15.1. The van der Waals surface area contributed by atoms with E-state index in [2.05, 4.69) is 38.0 Å². The summed E-state index contributed by atoms with van der Waals surface area (Å²) >= 11 is 0. The van der Waals surface area contributed by atoms with Crippen molar-refractivity contribution in [3.05, 3.63) is 35.7 Å². The van der Waals surface area contributed by atoms with Gasteiger partial charge in [0.2, 0.25) is 0 Å². The Morgan fingerprint density at radius 2 is 2.00 bits per heavy atom. The molecule has 1 saturated heterocycles. The quantitative estimate of drug-likeness (QED) is 0.329. The predicted molar refractivity (Wildman–Crippen MR) is 120 cm³/mol. The molecule has 1 aliphatic heterocycles. The Hall–Kier alpha value is -1.66. The van der Waals surface area contributed by atoms with E-state index in [1.165, 1.54) is 5.56 Å². The molecular weight excluding hydrogens is 471 g/mol. The van der Waals surface area contributed by atoms with Crippen LogP contribution < -0.4 is 10.6 Å². The molecule has 0 radical (unpaired) electrons. The largest absolute Gasteiger partial charge is 0.379 e. The lowest BCUT2D eigenvalue weighted by molar-refractivity contribution is 0.0389. The Labute approximate surface area is 183 Å². The summed E-state index contributed by atoms with van der Waals surface area (Å²) in [5.41, 5.74) is 1.18. The number of aryl methyl sites for hydroxylation is 2. The second-order valence-corrected chi connectivity index (χ2v) is 6.81. The second kappa shape index (κ2) is 11.4. The molecule has 0 saturated carbocycles. The van der Waals surface area contributed by atoms with E-state index in [-0.39, 0.29) is 24.0 Å². The molecule has 0 aliphatic carbocycles. The number of guanidine groups is 1. The molecule has 0 bridgehead atoms. The third-order valence-electron chi connectivity index (χ3n) is 4.73. The number of halogens is 1. The zero-order chi connectivity index (χ0) is 19.1. The highest BCUT2D eigenvalue weighted by molar-refractivity contribution is 14.0. The Morgan fingerprint density at radius 3 is 2.64 bits per heavy atom. The van der Waals surface area contributed by atoms with Crippen molar-refractivity contribution >= 4 is 29.9 Å². The molecule has 1 aliphatic rings. The van der Waals surface area contributed by atoms with E-state index >= 15 is 0 Å². The molecule has 0 amide bonds. The first-order chi connectivity index (χ1) is 13.1. The van der Waals surface area contributed by atoms with Crippen LogP contribution in [-0.2, 0) is 31.9 Å². The summed E-state index contributed by atoms with van der Waals surface area (Å²) in [6.07, 6.45) is 4.12. The predicted octanol–water partition coefficient (Wildman–Crippen LogP) is 0.648. The summed E-state index contributed by atoms with van der Waals surface area (Å²) in [5.74, 6) is 2.57. The first kappa shape index (κ1) is 22.6. The number of aliphatic imine (C=N–C) groups is 1. The molecule has 0 atom stereocenters. The summed E-state index contributed by atoms with van der Waals surface area (Å²) in [6, 6.07) is 2.08. The highest BCUT2D eigenvalue weighted by atomic mass is 127. The van der Waals surface area contributed by atoms with Gasteiger partial charge in [-0.1, -0.05) is 0 Å². The van der Waals surface area contributed by atoms with Gasteiger partial charge in [-0.2, -0.15) is 0 Å². The van der Waals surface area contributed by atoms with Gasteiger partial charge in [-0.3, -0.25) is 4.90 Å². The number of aromatic nitrogens is 4. The maximum Gasteiger partial charge on any atom is 0.192 e. The lowest BCUT2D eigenvalue weighted by atomic mass is 10.3. The summed E-state index contributed by atoms with van der Waals surface area (Å²) in [4.78, 5) is 7.12. The highest BCUT2D eigenvalue weighted by Gasteiger charge is 2.10. The van der Waals surface area contributed by atoms with Crippen molar-refractivity contribution in [1.82, 2.24) is 34.9 Å². The van der Waals surface area contributed by atoms with Crippen LogP contribution in [0.25, 0.3) is 0 Å². The highest BCUT2D eigenvalue weighted by Crippen LogP contribution is 2.02. The van der Waals surface area contributed by atoms with Gasteiger partial charge in [0.15, 0.2) is 11.8 Å². The number of hydrogen-bond donors (Lipinski definition) is 2. The van der Waals surface area contributed by atoms with Crippen molar-refractivity contribution in [3.8, 4) is 0 Å². The van der Waals surface area contributed by atoms with Gasteiger partial charge in [0.05, 0.1) is 26.3 Å². The maximum atomic E-state index is 5.40. The van der Waals surface area contributed by atoms with Crippen LogP contribution in [0.1, 0.15) is 17.2 Å². The van der Waals surface area contributed by atoms with Gasteiger partial charge >= 0.3 is 0 Å². The molecule has 0 unspecified atom stereocenters. The molecule has 1 fully saturated rings. The van der Waals surface area contributed by atoms with E-state index in [9.17, 15) is 0 Å². The third kappa shape index (κ3) is 6.74. The fraction of sp³-hybridized carbons (Fsp3) is 0.611. The van der Waals surface area contributed by atoms with Crippen molar-refractivity contribution in [1.29, 1.82) is 0 Å². The Morgan fingerprint density at radius 1 is 1.21 bits per heavy atom. The fourth-order valence-electron chi connectivity index (χ4n) is 2.92. The molecule has 28 heavy (non-hydrogen) atoms. The van der Waals surface area contributed by atoms with Gasteiger partial charge in [0, 0.05) is 52.7 Å². The lowest BCUT2D eigenvalue weighted by Gasteiger charge is -2.26. The lowest BCUT2D eigenvalue weighted by Crippen LogP contribution is -2.44. The van der Waals surface area contributed by atoms with Gasteiger partial charge in [-0.15, -0.1) is 34.2 Å². The molecule has 156 valence electrons. The van der Waals surface area contributed by atoms with Crippen LogP contribution in [-0.4, -0.2) is 69.6 Å². The number of hydrogen-bond acceptors (Lipinski definition) is 5. The number of morpholine rings is 1. The smallest absolute Gasteiger partial charge is 0.192 e. The molecule has 3 rings (SSSR count). The topological polar surface area (TPSA) is 84.5 Å². The van der Waals surface area contributed by atoms with E-state index < -0.39 is 0 Å². The van der Waals surface area contributed by atoms with Crippen LogP contribution >= 0.6 is 24.0 Å². The SMILES string of the molecule is Cc1nnc(CNC(=NCc2ccn(C)c2)NCCN2CCOCC2)n1C.I. The molecule has 0 spiro atoms. The Bertz CT molecular complexity index is 751. The zero-order valence-electron chi connectivity index (χ0n) is 16.9. The number of nitrogens with zero attached hydrogens (tertiary/aromatic N) is 6. The van der Waals surface area contributed by atoms with Crippen LogP contribution in [0.2, 0.25) is 0 Å². The summed E-state index contributed by atoms with van der Waals surface area (Å²) < 4.78 is 9.42. The summed E-state index contributed by atoms with van der Waals surface area (Å²) in [7, 11) is 3.99. The minimum Gasteiger partial charge on any atom is -0.379 e. The molecule has 2 aromatic heterocycles. The van der Waals surface area contributed by atoms with Gasteiger partial charge < -0.3 is 24.5 Å². The van der Waals surface area contributed by atoms with Crippen LogP contribution in [0.3, 0.4) is 0 Å². The van der Waals surface area contributed by atoms with E-state index in [0.717, 1.165) is 57.0 Å². The minimum absolute atomic E-state index is 0. The average molecular weight is 502 g/mol. The number of nitrogens with one attached hydrogen (secondary N) is 2. The standard InChI is InChI=1S/C18H30N8O.HI/c1-15-22-23-17(25(15)3)13-21-18(20-12-16-4-6-24(2)14-16)19-5-7-26-8-10-27-11-9-26;/h4,6,14H,5,7-13H2,1-3H3,(H2,19,20,21);1H. The third-order valence-corrected chi connectivity index (χ3v) is 4.73. The number of rotatable bonds is 7. The van der Waals surface area contributed by atoms with Gasteiger partial charge in [0.25, 0.3) is 0 Å². The summed E-state index contributed by atoms with van der Waals surface area (Å²) in [6.45, 7) is 8.57. The van der Waals surface area contributed by atoms with Crippen LogP contribution in [0.15, 0.2) is 23.5 Å². The number of ether oxygens (including phenoxy) is 1. The molecular formula is C18H31IN8O. The van der Waals surface area contributed by atoms with Crippen molar-refractivity contribution in [2.75, 3.05) is 39.4 Å².